The van der Waals surface area contributed by atoms with Crippen LogP contribution < -0.4 is 5.56 Å². The first kappa shape index (κ1) is 18.7. The number of rotatable bonds is 4. The molecule has 5 aromatic rings. The van der Waals surface area contributed by atoms with Gasteiger partial charge in [0.25, 0.3) is 5.56 Å². The Labute approximate surface area is 178 Å². The molecule has 0 bridgehead atoms. The van der Waals surface area contributed by atoms with Crippen molar-refractivity contribution >= 4 is 33.2 Å². The summed E-state index contributed by atoms with van der Waals surface area (Å²) in [7, 11) is 0. The average molecular weight is 439 g/mol. The van der Waals surface area contributed by atoms with E-state index in [0.717, 1.165) is 11.1 Å². The van der Waals surface area contributed by atoms with Gasteiger partial charge < -0.3 is 4.52 Å². The predicted octanol–water partition coefficient (Wildman–Crippen LogP) is 5.02. The molecule has 0 aliphatic carbocycles. The lowest BCUT2D eigenvalue weighted by Gasteiger charge is -2.03. The first-order valence-corrected chi connectivity index (χ1v) is 10.2. The van der Waals surface area contributed by atoms with E-state index in [0.29, 0.717) is 26.6 Å². The van der Waals surface area contributed by atoms with E-state index in [1.165, 1.54) is 34.4 Å². The minimum absolute atomic E-state index is 0.0774. The van der Waals surface area contributed by atoms with E-state index in [9.17, 15) is 9.18 Å². The largest absolute Gasteiger partial charge is 0.337 e. The fourth-order valence-corrected chi connectivity index (χ4v) is 4.23. The summed E-state index contributed by atoms with van der Waals surface area (Å²) >= 11 is 7.37. The third-order valence-electron chi connectivity index (χ3n) is 4.57. The zero-order valence-corrected chi connectivity index (χ0v) is 16.8. The number of hydrogen-bond donors (Lipinski definition) is 0. The molecule has 0 saturated carbocycles. The molecule has 0 aliphatic rings. The van der Waals surface area contributed by atoms with Crippen molar-refractivity contribution in [3.8, 4) is 22.5 Å². The first-order valence-electron chi connectivity index (χ1n) is 8.89. The maximum Gasteiger partial charge on any atom is 0.263 e. The highest BCUT2D eigenvalue weighted by atomic mass is 35.5. The molecular formula is C21H12ClFN4O2S. The summed E-state index contributed by atoms with van der Waals surface area (Å²) in [6, 6.07) is 13.1. The van der Waals surface area contributed by atoms with Crippen molar-refractivity contribution in [2.24, 2.45) is 0 Å². The molecule has 2 aromatic carbocycles. The Kier molecular flexibility index (Phi) is 4.65. The fraction of sp³-hybridized carbons (Fsp3) is 0.0476. The summed E-state index contributed by atoms with van der Waals surface area (Å²) in [5, 5.41) is 6.85. The standard InChI is InChI=1S/C21H12ClFN4O2S/c22-14-3-1-2-13(8-14)19-25-17(29-26-19)9-27-11-24-20-18(21(27)28)16(10-30-20)12-4-6-15(23)7-5-12/h1-8,10-11H,9H2. The van der Waals surface area contributed by atoms with Gasteiger partial charge in [-0.3, -0.25) is 9.36 Å². The highest BCUT2D eigenvalue weighted by molar-refractivity contribution is 7.17. The zero-order chi connectivity index (χ0) is 20.7. The van der Waals surface area contributed by atoms with Crippen LogP contribution in [-0.2, 0) is 6.54 Å². The van der Waals surface area contributed by atoms with Crippen LogP contribution in [0.5, 0.6) is 0 Å². The van der Waals surface area contributed by atoms with Gasteiger partial charge >= 0.3 is 0 Å². The number of aromatic nitrogens is 4. The van der Waals surface area contributed by atoms with Gasteiger partial charge in [0.1, 0.15) is 17.2 Å². The fourth-order valence-electron chi connectivity index (χ4n) is 3.13. The van der Waals surface area contributed by atoms with Crippen molar-refractivity contribution in [1.82, 2.24) is 19.7 Å². The molecule has 0 radical (unpaired) electrons. The summed E-state index contributed by atoms with van der Waals surface area (Å²) in [5.41, 5.74) is 1.95. The second kappa shape index (κ2) is 7.47. The molecule has 0 amide bonds. The van der Waals surface area contributed by atoms with Crippen molar-refractivity contribution in [3.63, 3.8) is 0 Å². The monoisotopic (exact) mass is 438 g/mol. The molecule has 30 heavy (non-hydrogen) atoms. The highest BCUT2D eigenvalue weighted by Crippen LogP contribution is 2.30. The first-order chi connectivity index (χ1) is 14.6. The Bertz CT molecular complexity index is 1430. The zero-order valence-electron chi connectivity index (χ0n) is 15.3. The van der Waals surface area contributed by atoms with Gasteiger partial charge in [0.05, 0.1) is 11.7 Å². The van der Waals surface area contributed by atoms with Gasteiger partial charge in [0.2, 0.25) is 11.7 Å². The van der Waals surface area contributed by atoms with Crippen LogP contribution in [0.2, 0.25) is 5.02 Å². The topological polar surface area (TPSA) is 73.8 Å². The van der Waals surface area contributed by atoms with Crippen LogP contribution in [0.4, 0.5) is 4.39 Å². The summed E-state index contributed by atoms with van der Waals surface area (Å²) in [5.74, 6) is 0.324. The van der Waals surface area contributed by atoms with Gasteiger partial charge in [0.15, 0.2) is 0 Å². The Hall–Kier alpha value is -3.36. The maximum atomic E-state index is 13.3. The van der Waals surface area contributed by atoms with E-state index < -0.39 is 0 Å². The number of benzene rings is 2. The number of thiophene rings is 1. The van der Waals surface area contributed by atoms with Crippen LogP contribution >= 0.6 is 22.9 Å². The molecule has 0 saturated heterocycles. The van der Waals surface area contributed by atoms with Crippen LogP contribution in [0.25, 0.3) is 32.7 Å². The van der Waals surface area contributed by atoms with Crippen LogP contribution in [0.3, 0.4) is 0 Å². The molecular weight excluding hydrogens is 427 g/mol. The third-order valence-corrected chi connectivity index (χ3v) is 5.69. The van der Waals surface area contributed by atoms with E-state index in [4.69, 9.17) is 16.1 Å². The molecule has 0 atom stereocenters. The molecule has 0 spiro atoms. The second-order valence-corrected chi connectivity index (χ2v) is 7.83. The van der Waals surface area contributed by atoms with Crippen molar-refractivity contribution in [2.75, 3.05) is 0 Å². The lowest BCUT2D eigenvalue weighted by atomic mass is 10.1. The summed E-state index contributed by atoms with van der Waals surface area (Å²) in [6.07, 6.45) is 1.46. The quantitative estimate of drug-likeness (QED) is 0.394. The third kappa shape index (κ3) is 3.40. The molecule has 0 unspecified atom stereocenters. The Morgan fingerprint density at radius 2 is 1.97 bits per heavy atom. The normalized spacial score (nSPS) is 11.3. The van der Waals surface area contributed by atoms with Gasteiger partial charge in [-0.25, -0.2) is 9.37 Å². The summed E-state index contributed by atoms with van der Waals surface area (Å²) in [4.78, 5) is 22.5. The lowest BCUT2D eigenvalue weighted by Crippen LogP contribution is -2.21. The molecule has 0 fully saturated rings. The van der Waals surface area contributed by atoms with Crippen molar-refractivity contribution in [3.05, 3.63) is 87.3 Å². The van der Waals surface area contributed by atoms with Gasteiger partial charge in [0, 0.05) is 21.5 Å². The molecule has 5 rings (SSSR count). The minimum Gasteiger partial charge on any atom is -0.337 e. The van der Waals surface area contributed by atoms with E-state index >= 15 is 0 Å². The Morgan fingerprint density at radius 3 is 2.77 bits per heavy atom. The van der Waals surface area contributed by atoms with Crippen LogP contribution in [-0.4, -0.2) is 19.7 Å². The number of halogens is 2. The van der Waals surface area contributed by atoms with Crippen LogP contribution in [0.1, 0.15) is 5.89 Å². The van der Waals surface area contributed by atoms with Gasteiger partial charge in [-0.1, -0.05) is 41.0 Å². The van der Waals surface area contributed by atoms with E-state index in [1.807, 2.05) is 11.4 Å². The predicted molar refractivity (Wildman–Crippen MR) is 113 cm³/mol. The van der Waals surface area contributed by atoms with Crippen molar-refractivity contribution in [2.45, 2.75) is 6.54 Å². The molecule has 0 aliphatic heterocycles. The summed E-state index contributed by atoms with van der Waals surface area (Å²) < 4.78 is 20.0. The molecule has 6 nitrogen and oxygen atoms in total. The smallest absolute Gasteiger partial charge is 0.263 e. The Balaban J connectivity index is 1.51. The van der Waals surface area contributed by atoms with Crippen molar-refractivity contribution in [1.29, 1.82) is 0 Å². The van der Waals surface area contributed by atoms with E-state index in [1.54, 1.807) is 30.3 Å². The van der Waals surface area contributed by atoms with Gasteiger partial charge in [-0.15, -0.1) is 11.3 Å². The molecule has 9 heteroatoms. The van der Waals surface area contributed by atoms with E-state index in [-0.39, 0.29) is 23.8 Å². The maximum absolute atomic E-state index is 13.3. The average Bonchev–Trinajstić information content (AvgIpc) is 3.38. The van der Waals surface area contributed by atoms with Gasteiger partial charge in [-0.05, 0) is 29.8 Å². The molecule has 148 valence electrons. The van der Waals surface area contributed by atoms with Crippen LogP contribution in [0.15, 0.2) is 69.6 Å². The molecule has 3 aromatic heterocycles. The second-order valence-electron chi connectivity index (χ2n) is 6.54. The van der Waals surface area contributed by atoms with Crippen molar-refractivity contribution < 1.29 is 8.91 Å². The van der Waals surface area contributed by atoms with E-state index in [2.05, 4.69) is 15.1 Å². The molecule has 3 heterocycles. The van der Waals surface area contributed by atoms with Gasteiger partial charge in [-0.2, -0.15) is 4.98 Å². The highest BCUT2D eigenvalue weighted by Gasteiger charge is 2.16. The Morgan fingerprint density at radius 1 is 1.13 bits per heavy atom. The summed E-state index contributed by atoms with van der Waals surface area (Å²) in [6.45, 7) is 0.0774. The van der Waals surface area contributed by atoms with Crippen LogP contribution in [0, 0.1) is 5.82 Å². The minimum atomic E-state index is -0.333. The lowest BCUT2D eigenvalue weighted by molar-refractivity contribution is 0.369. The molecule has 0 N–H and O–H groups in total. The number of hydrogen-bond acceptors (Lipinski definition) is 6. The number of nitrogens with zero attached hydrogens (tertiary/aromatic N) is 4. The number of fused-ring (bicyclic) bond motifs is 1. The SMILES string of the molecule is O=c1c2c(-c3ccc(F)cc3)csc2ncn1Cc1nc(-c2cccc(Cl)c2)no1.